The molecule has 0 amide bonds. The van der Waals surface area contributed by atoms with Gasteiger partial charge < -0.3 is 10.2 Å². The molecule has 2 fully saturated rings. The van der Waals surface area contributed by atoms with Crippen LogP contribution in [0.3, 0.4) is 0 Å². The summed E-state index contributed by atoms with van der Waals surface area (Å²) in [5, 5.41) is 3.05. The third kappa shape index (κ3) is 4.72. The second kappa shape index (κ2) is 9.02. The van der Waals surface area contributed by atoms with E-state index in [1.54, 1.807) is 7.05 Å². The van der Waals surface area contributed by atoms with E-state index in [0.717, 1.165) is 37.5 Å². The zero-order valence-corrected chi connectivity index (χ0v) is 18.5. The van der Waals surface area contributed by atoms with Crippen molar-refractivity contribution in [3.8, 4) is 0 Å². The number of hydrogen-bond acceptors (Lipinski definition) is 3. The number of halogens is 3. The van der Waals surface area contributed by atoms with Gasteiger partial charge in [0.05, 0.1) is 10.5 Å². The fraction of sp³-hybridized carbons (Fsp3) is 0.611. The van der Waals surface area contributed by atoms with Gasteiger partial charge in [-0.3, -0.25) is 4.99 Å². The average Bonchev–Trinajstić information content (AvgIpc) is 2.62. The molecular weight excluding hydrogens is 487 g/mol. The van der Waals surface area contributed by atoms with Gasteiger partial charge in [0.1, 0.15) is 11.6 Å². The topological polar surface area (TPSA) is 61.8 Å². The van der Waals surface area contributed by atoms with Gasteiger partial charge in [0.25, 0.3) is 0 Å². The van der Waals surface area contributed by atoms with Crippen molar-refractivity contribution in [3.63, 3.8) is 0 Å². The maximum absolute atomic E-state index is 13.8. The van der Waals surface area contributed by atoms with Crippen LogP contribution < -0.4 is 5.32 Å². The highest BCUT2D eigenvalue weighted by molar-refractivity contribution is 14.0. The van der Waals surface area contributed by atoms with E-state index in [0.29, 0.717) is 31.9 Å². The van der Waals surface area contributed by atoms with Gasteiger partial charge in [0.2, 0.25) is 0 Å². The van der Waals surface area contributed by atoms with Gasteiger partial charge in [0, 0.05) is 32.2 Å². The Morgan fingerprint density at radius 1 is 1.26 bits per heavy atom. The van der Waals surface area contributed by atoms with Crippen molar-refractivity contribution in [1.29, 1.82) is 0 Å². The second-order valence-corrected chi connectivity index (χ2v) is 9.62. The maximum Gasteiger partial charge on any atom is 0.193 e. The Balaban J connectivity index is 0.00000261. The molecule has 1 aromatic rings. The number of sulfone groups is 1. The lowest BCUT2D eigenvalue weighted by Gasteiger charge is -2.45. The van der Waals surface area contributed by atoms with Crippen molar-refractivity contribution in [2.24, 2.45) is 4.99 Å². The van der Waals surface area contributed by atoms with Gasteiger partial charge in [-0.25, -0.2) is 17.2 Å². The van der Waals surface area contributed by atoms with Crippen LogP contribution in [0.4, 0.5) is 8.78 Å². The van der Waals surface area contributed by atoms with Crippen LogP contribution in [0.15, 0.2) is 23.2 Å². The van der Waals surface area contributed by atoms with E-state index in [1.165, 1.54) is 0 Å². The average molecular weight is 513 g/mol. The zero-order chi connectivity index (χ0) is 18.8. The minimum absolute atomic E-state index is 0. The molecular formula is C18H26F2IN3O2S. The minimum atomic E-state index is -3.13. The summed E-state index contributed by atoms with van der Waals surface area (Å²) < 4.78 is 51.8. The number of rotatable bonds is 2. The molecule has 1 N–H and O–H groups in total. The fourth-order valence-electron chi connectivity index (χ4n) is 4.00. The van der Waals surface area contributed by atoms with E-state index in [4.69, 9.17) is 0 Å². The van der Waals surface area contributed by atoms with Gasteiger partial charge in [0.15, 0.2) is 15.8 Å². The zero-order valence-electron chi connectivity index (χ0n) is 15.4. The van der Waals surface area contributed by atoms with Crippen molar-refractivity contribution in [2.75, 3.05) is 25.9 Å². The van der Waals surface area contributed by atoms with Gasteiger partial charge in [-0.15, -0.1) is 24.0 Å². The molecule has 0 aromatic heterocycles. The molecule has 152 valence electrons. The molecule has 0 atom stereocenters. The van der Waals surface area contributed by atoms with Gasteiger partial charge in [-0.2, -0.15) is 0 Å². The number of aliphatic imine (C=N–C) groups is 1. The number of hydrogen-bond donors (Lipinski definition) is 1. The van der Waals surface area contributed by atoms with Crippen LogP contribution in [0.2, 0.25) is 0 Å². The Kier molecular flexibility index (Phi) is 7.46. The summed E-state index contributed by atoms with van der Waals surface area (Å²) in [5.74, 6) is -0.363. The fourth-order valence-corrected chi connectivity index (χ4v) is 6.16. The van der Waals surface area contributed by atoms with E-state index in [9.17, 15) is 17.2 Å². The Morgan fingerprint density at radius 3 is 2.63 bits per heavy atom. The lowest BCUT2D eigenvalue weighted by Crippen LogP contribution is -2.60. The monoisotopic (exact) mass is 513 g/mol. The normalized spacial score (nSPS) is 21.6. The number of guanidine groups is 1. The van der Waals surface area contributed by atoms with Crippen LogP contribution in [0.1, 0.15) is 37.7 Å². The van der Waals surface area contributed by atoms with Crippen LogP contribution in [-0.2, 0) is 16.4 Å². The second-order valence-electron chi connectivity index (χ2n) is 7.12. The van der Waals surface area contributed by atoms with Crippen LogP contribution in [-0.4, -0.2) is 49.9 Å². The molecule has 0 radical (unpaired) electrons. The molecule has 1 aliphatic carbocycles. The lowest BCUT2D eigenvalue weighted by atomic mass is 9.87. The molecule has 2 aliphatic rings. The van der Waals surface area contributed by atoms with E-state index >= 15 is 0 Å². The van der Waals surface area contributed by atoms with Crippen LogP contribution >= 0.6 is 24.0 Å². The third-order valence-corrected chi connectivity index (χ3v) is 8.07. The first-order valence-corrected chi connectivity index (χ1v) is 10.6. The predicted molar refractivity (Wildman–Crippen MR) is 113 cm³/mol. The number of nitrogens with one attached hydrogen (secondary N) is 1. The SMILES string of the molecule is CN=C(NCc1cc(F)ccc1F)N1CCS(=O)(=O)C2(CCCCC2)C1.I. The van der Waals surface area contributed by atoms with Gasteiger partial charge in [-0.05, 0) is 31.0 Å². The first-order chi connectivity index (χ1) is 12.4. The molecule has 5 nitrogen and oxygen atoms in total. The highest BCUT2D eigenvalue weighted by Crippen LogP contribution is 2.38. The van der Waals surface area contributed by atoms with E-state index < -0.39 is 26.2 Å². The first-order valence-electron chi connectivity index (χ1n) is 8.99. The molecule has 1 saturated heterocycles. The molecule has 3 rings (SSSR count). The first kappa shape index (κ1) is 22.3. The van der Waals surface area contributed by atoms with E-state index in [-0.39, 0.29) is 41.8 Å². The summed E-state index contributed by atoms with van der Waals surface area (Å²) in [4.78, 5) is 6.16. The van der Waals surface area contributed by atoms with Crippen molar-refractivity contribution in [3.05, 3.63) is 35.4 Å². The summed E-state index contributed by atoms with van der Waals surface area (Å²) in [6.45, 7) is 0.850. The van der Waals surface area contributed by atoms with Crippen molar-refractivity contribution < 1.29 is 17.2 Å². The van der Waals surface area contributed by atoms with E-state index in [2.05, 4.69) is 10.3 Å². The Hall–Kier alpha value is -0.970. The molecule has 1 saturated carbocycles. The Morgan fingerprint density at radius 2 is 1.96 bits per heavy atom. The van der Waals surface area contributed by atoms with Crippen LogP contribution in [0.25, 0.3) is 0 Å². The van der Waals surface area contributed by atoms with Gasteiger partial charge in [-0.1, -0.05) is 19.3 Å². The predicted octanol–water partition coefficient (Wildman–Crippen LogP) is 3.09. The molecule has 0 unspecified atom stereocenters. The van der Waals surface area contributed by atoms with Crippen LogP contribution in [0, 0.1) is 11.6 Å². The van der Waals surface area contributed by atoms with Gasteiger partial charge >= 0.3 is 0 Å². The highest BCUT2D eigenvalue weighted by Gasteiger charge is 2.48. The largest absolute Gasteiger partial charge is 0.352 e. The standard InChI is InChI=1S/C18H25F2N3O2S.HI/c1-21-17(22-12-14-11-15(19)5-6-16(14)20)23-9-10-26(24,25)18(13-23)7-3-2-4-8-18;/h5-6,11H,2-4,7-10,12-13H2,1H3,(H,21,22);1H. The van der Waals surface area contributed by atoms with Crippen LogP contribution in [0.5, 0.6) is 0 Å². The highest BCUT2D eigenvalue weighted by atomic mass is 127. The smallest absolute Gasteiger partial charge is 0.193 e. The summed E-state index contributed by atoms with van der Waals surface area (Å²) in [6.07, 6.45) is 4.28. The molecule has 1 heterocycles. The molecule has 1 aromatic carbocycles. The number of benzene rings is 1. The van der Waals surface area contributed by atoms with Crippen molar-refractivity contribution in [2.45, 2.75) is 43.4 Å². The molecule has 0 bridgehead atoms. The molecule has 27 heavy (non-hydrogen) atoms. The van der Waals surface area contributed by atoms with Crippen molar-refractivity contribution >= 4 is 39.8 Å². The lowest BCUT2D eigenvalue weighted by molar-refractivity contribution is 0.274. The Labute approximate surface area is 176 Å². The quantitative estimate of drug-likeness (QED) is 0.375. The number of nitrogens with zero attached hydrogens (tertiary/aromatic N) is 2. The molecule has 9 heteroatoms. The summed E-state index contributed by atoms with van der Waals surface area (Å²) in [6, 6.07) is 3.33. The third-order valence-electron chi connectivity index (χ3n) is 5.49. The minimum Gasteiger partial charge on any atom is -0.352 e. The maximum atomic E-state index is 13.8. The summed E-state index contributed by atoms with van der Waals surface area (Å²) in [7, 11) is -1.52. The van der Waals surface area contributed by atoms with E-state index in [1.807, 2.05) is 4.90 Å². The van der Waals surface area contributed by atoms with Crippen molar-refractivity contribution in [1.82, 2.24) is 10.2 Å². The molecule has 1 aliphatic heterocycles. The summed E-state index contributed by atoms with van der Waals surface area (Å²) >= 11 is 0. The Bertz CT molecular complexity index is 796. The molecule has 1 spiro atoms. The summed E-state index contributed by atoms with van der Waals surface area (Å²) in [5.41, 5.74) is 0.211.